The molecule has 0 amide bonds. The Bertz CT molecular complexity index is 1100. The molecule has 0 aliphatic carbocycles. The minimum absolute atomic E-state index is 0.0597. The first kappa shape index (κ1) is 21.5. The second-order valence-electron chi connectivity index (χ2n) is 7.10. The van der Waals surface area contributed by atoms with Crippen molar-refractivity contribution in [1.29, 1.82) is 0 Å². The maximum Gasteiger partial charge on any atom is 0.202 e. The average molecular weight is 409 g/mol. The lowest BCUT2D eigenvalue weighted by Gasteiger charge is -2.12. The number of methoxy groups -OCH3 is 1. The Morgan fingerprint density at radius 1 is 1.07 bits per heavy atom. The van der Waals surface area contributed by atoms with E-state index >= 15 is 0 Å². The fraction of sp³-hybridized carbons (Fsp3) is 0.250. The number of rotatable bonds is 8. The van der Waals surface area contributed by atoms with Crippen LogP contribution in [0.1, 0.15) is 44.6 Å². The summed E-state index contributed by atoms with van der Waals surface area (Å²) in [5, 5.41) is 0. The van der Waals surface area contributed by atoms with Gasteiger partial charge in [-0.1, -0.05) is 12.1 Å². The minimum Gasteiger partial charge on any atom is -0.485 e. The number of hydrogen-bond acceptors (Lipinski definition) is 4. The molecule has 0 N–H and O–H groups in total. The van der Waals surface area contributed by atoms with Crippen LogP contribution in [-0.4, -0.2) is 29.9 Å². The van der Waals surface area contributed by atoms with Crippen LogP contribution in [0.25, 0.3) is 5.69 Å². The van der Waals surface area contributed by atoms with Crippen LogP contribution in [0.3, 0.4) is 0 Å². The summed E-state index contributed by atoms with van der Waals surface area (Å²) in [7, 11) is 1.55. The summed E-state index contributed by atoms with van der Waals surface area (Å²) in [5.74, 6) is -0.150. The summed E-state index contributed by atoms with van der Waals surface area (Å²) in [4.78, 5) is 24.5. The Morgan fingerprint density at radius 2 is 1.80 bits per heavy atom. The molecule has 0 bridgehead atoms. The zero-order valence-electron chi connectivity index (χ0n) is 17.5. The Kier molecular flexibility index (Phi) is 6.47. The van der Waals surface area contributed by atoms with E-state index in [1.54, 1.807) is 61.1 Å². The Morgan fingerprint density at radius 3 is 2.47 bits per heavy atom. The fourth-order valence-electron chi connectivity index (χ4n) is 3.48. The van der Waals surface area contributed by atoms with E-state index in [-0.39, 0.29) is 30.6 Å². The van der Waals surface area contributed by atoms with Gasteiger partial charge in [0.15, 0.2) is 12.4 Å². The summed E-state index contributed by atoms with van der Waals surface area (Å²) >= 11 is 0. The highest BCUT2D eigenvalue weighted by molar-refractivity contribution is 5.99. The Labute approximate surface area is 175 Å². The molecule has 0 atom stereocenters. The van der Waals surface area contributed by atoms with Crippen LogP contribution in [0, 0.1) is 19.7 Å². The summed E-state index contributed by atoms with van der Waals surface area (Å²) in [6, 6.07) is 13.2. The van der Waals surface area contributed by atoms with Gasteiger partial charge in [0.05, 0.1) is 12.3 Å². The van der Waals surface area contributed by atoms with Crippen LogP contribution in [0.15, 0.2) is 48.5 Å². The molecule has 3 rings (SSSR count). The van der Waals surface area contributed by atoms with E-state index in [4.69, 9.17) is 9.47 Å². The van der Waals surface area contributed by atoms with Crippen molar-refractivity contribution in [3.63, 3.8) is 0 Å². The minimum atomic E-state index is -0.357. The molecule has 156 valence electrons. The smallest absolute Gasteiger partial charge is 0.202 e. The lowest BCUT2D eigenvalue weighted by molar-refractivity contribution is 0.0916. The van der Waals surface area contributed by atoms with E-state index in [0.717, 1.165) is 5.69 Å². The normalized spacial score (nSPS) is 10.8. The zero-order chi connectivity index (χ0) is 21.8. The molecular weight excluding hydrogens is 385 g/mol. The van der Waals surface area contributed by atoms with E-state index < -0.39 is 0 Å². The summed E-state index contributed by atoms with van der Waals surface area (Å²) < 4.78 is 26.9. The Hall–Kier alpha value is -3.25. The number of ether oxygens (including phenoxy) is 2. The second-order valence-corrected chi connectivity index (χ2v) is 7.10. The highest BCUT2D eigenvalue weighted by Gasteiger charge is 2.19. The van der Waals surface area contributed by atoms with Crippen LogP contribution in [0.5, 0.6) is 5.75 Å². The van der Waals surface area contributed by atoms with Gasteiger partial charge < -0.3 is 14.0 Å². The van der Waals surface area contributed by atoms with Crippen molar-refractivity contribution >= 4 is 11.6 Å². The molecule has 0 unspecified atom stereocenters. The molecule has 1 aromatic heterocycles. The topological polar surface area (TPSA) is 57.5 Å². The van der Waals surface area contributed by atoms with Gasteiger partial charge in [0.1, 0.15) is 11.6 Å². The molecule has 0 fully saturated rings. The van der Waals surface area contributed by atoms with Crippen molar-refractivity contribution in [2.75, 3.05) is 13.7 Å². The molecule has 5 nitrogen and oxygen atoms in total. The highest BCUT2D eigenvalue weighted by atomic mass is 19.1. The first-order valence-corrected chi connectivity index (χ1v) is 9.56. The molecule has 2 aromatic carbocycles. The molecule has 0 radical (unpaired) electrons. The number of carbonyl (C=O) groups excluding carboxylic acids is 2. The number of hydrogen-bond donors (Lipinski definition) is 0. The quantitative estimate of drug-likeness (QED) is 0.500. The molecule has 0 aliphatic heterocycles. The maximum absolute atomic E-state index is 14.3. The van der Waals surface area contributed by atoms with Crippen LogP contribution >= 0.6 is 0 Å². The van der Waals surface area contributed by atoms with Crippen LogP contribution in [0.2, 0.25) is 0 Å². The molecule has 6 heteroatoms. The number of carbonyl (C=O) groups is 2. The van der Waals surface area contributed by atoms with E-state index in [1.165, 1.54) is 13.0 Å². The number of Topliss-reactive ketones (excluding diaryl/α,β-unsaturated/α-hetero) is 2. The molecule has 0 saturated carbocycles. The average Bonchev–Trinajstić information content (AvgIpc) is 3.01. The van der Waals surface area contributed by atoms with Crippen LogP contribution in [-0.2, 0) is 11.3 Å². The summed E-state index contributed by atoms with van der Waals surface area (Å²) in [6.45, 7) is 5.17. The summed E-state index contributed by atoms with van der Waals surface area (Å²) in [6.07, 6.45) is 0. The zero-order valence-corrected chi connectivity index (χ0v) is 17.5. The van der Waals surface area contributed by atoms with Crippen molar-refractivity contribution in [2.24, 2.45) is 0 Å². The fourth-order valence-corrected chi connectivity index (χ4v) is 3.48. The number of aryl methyl sites for hydroxylation is 1. The summed E-state index contributed by atoms with van der Waals surface area (Å²) in [5.41, 5.74) is 3.52. The van der Waals surface area contributed by atoms with Crippen LogP contribution in [0.4, 0.5) is 4.39 Å². The standard InChI is InChI=1S/C24H24FNO4/c1-15-11-20(16(2)26(15)22-8-6-5-7-21(22)25)23(28)14-30-24-10-9-18(17(3)27)12-19(24)13-29-4/h5-12H,13-14H2,1-4H3. The monoisotopic (exact) mass is 409 g/mol. The van der Waals surface area contributed by atoms with Crippen molar-refractivity contribution in [3.05, 3.63) is 82.4 Å². The first-order valence-electron chi connectivity index (χ1n) is 9.56. The maximum atomic E-state index is 14.3. The van der Waals surface area contributed by atoms with Gasteiger partial charge in [-0.25, -0.2) is 4.39 Å². The van der Waals surface area contributed by atoms with Gasteiger partial charge in [0.2, 0.25) is 5.78 Å². The largest absolute Gasteiger partial charge is 0.485 e. The van der Waals surface area contributed by atoms with Gasteiger partial charge >= 0.3 is 0 Å². The van der Waals surface area contributed by atoms with Gasteiger partial charge in [-0.05, 0) is 57.2 Å². The predicted molar refractivity (Wildman–Crippen MR) is 112 cm³/mol. The predicted octanol–water partition coefficient (Wildman–Crippen LogP) is 4.84. The third kappa shape index (κ3) is 4.33. The van der Waals surface area contributed by atoms with Gasteiger partial charge in [-0.15, -0.1) is 0 Å². The third-order valence-electron chi connectivity index (χ3n) is 4.95. The SMILES string of the molecule is COCc1cc(C(C)=O)ccc1OCC(=O)c1cc(C)n(-c2ccccc2F)c1C. The lowest BCUT2D eigenvalue weighted by atomic mass is 10.1. The number of para-hydroxylation sites is 1. The van der Waals surface area contributed by atoms with E-state index in [1.807, 2.05) is 6.92 Å². The third-order valence-corrected chi connectivity index (χ3v) is 4.95. The Balaban J connectivity index is 1.84. The van der Waals surface area contributed by atoms with Crippen LogP contribution < -0.4 is 4.74 Å². The molecule has 0 saturated heterocycles. The highest BCUT2D eigenvalue weighted by Crippen LogP contribution is 2.25. The molecular formula is C24H24FNO4. The van der Waals surface area contributed by atoms with Crippen molar-refractivity contribution in [2.45, 2.75) is 27.4 Å². The molecule has 0 aliphatic rings. The van der Waals surface area contributed by atoms with Crippen molar-refractivity contribution < 1.29 is 23.5 Å². The first-order chi connectivity index (χ1) is 14.3. The molecule has 0 spiro atoms. The second kappa shape index (κ2) is 9.05. The van der Waals surface area contributed by atoms with Crippen molar-refractivity contribution in [3.8, 4) is 11.4 Å². The molecule has 3 aromatic rings. The lowest BCUT2D eigenvalue weighted by Crippen LogP contribution is -2.14. The van der Waals surface area contributed by atoms with Gasteiger partial charge in [0.25, 0.3) is 0 Å². The van der Waals surface area contributed by atoms with Gasteiger partial charge in [-0.2, -0.15) is 0 Å². The van der Waals surface area contributed by atoms with Crippen molar-refractivity contribution in [1.82, 2.24) is 4.57 Å². The number of nitrogens with zero attached hydrogens (tertiary/aromatic N) is 1. The number of ketones is 2. The number of benzene rings is 2. The number of halogens is 1. The number of aromatic nitrogens is 1. The van der Waals surface area contributed by atoms with E-state index in [2.05, 4.69) is 0 Å². The van der Waals surface area contributed by atoms with E-state index in [9.17, 15) is 14.0 Å². The molecule has 1 heterocycles. The molecule has 30 heavy (non-hydrogen) atoms. The van der Waals surface area contributed by atoms with Gasteiger partial charge in [0, 0.05) is 35.2 Å². The van der Waals surface area contributed by atoms with Gasteiger partial charge in [-0.3, -0.25) is 9.59 Å². The van der Waals surface area contributed by atoms with E-state index in [0.29, 0.717) is 33.8 Å².